The van der Waals surface area contributed by atoms with E-state index in [0.717, 1.165) is 71.4 Å². The topological polar surface area (TPSA) is 144 Å². The van der Waals surface area contributed by atoms with E-state index in [4.69, 9.17) is 25.7 Å². The number of carbonyl (C=O) groups excluding carboxylic acids is 2. The van der Waals surface area contributed by atoms with Gasteiger partial charge in [0, 0.05) is 26.1 Å². The van der Waals surface area contributed by atoms with Gasteiger partial charge in [0.05, 0.1) is 19.8 Å². The molecule has 62 heavy (non-hydrogen) atoms. The zero-order valence-corrected chi connectivity index (χ0v) is 43.1. The van der Waals surface area contributed by atoms with E-state index in [1.807, 2.05) is 0 Å². The van der Waals surface area contributed by atoms with Crippen molar-refractivity contribution in [3.05, 3.63) is 0 Å². The van der Waals surface area contributed by atoms with Gasteiger partial charge in [0.1, 0.15) is 6.10 Å². The number of hydrogen-bond donors (Lipinski definition) is 4. The van der Waals surface area contributed by atoms with E-state index in [9.17, 15) is 9.59 Å². The van der Waals surface area contributed by atoms with Gasteiger partial charge in [-0.2, -0.15) is 0 Å². The minimum atomic E-state index is -0.755. The number of rotatable bonds is 45. The Kier molecular flexibility index (Phi) is 59.0. The smallest absolute Gasteiger partial charge is 0.272 e. The van der Waals surface area contributed by atoms with Gasteiger partial charge in [-0.05, 0) is 77.8 Å². The lowest BCUT2D eigenvalue weighted by atomic mass is 10.0. The molecule has 0 aromatic heterocycles. The molecule has 6 N–H and O–H groups in total. The van der Waals surface area contributed by atoms with Crippen LogP contribution in [0.2, 0.25) is 0 Å². The van der Waals surface area contributed by atoms with E-state index in [0.29, 0.717) is 45.7 Å². The second-order valence-corrected chi connectivity index (χ2v) is 17.0. The molecule has 15 heteroatoms. The van der Waals surface area contributed by atoms with Crippen LogP contribution in [0.5, 0.6) is 0 Å². The number of carbonyl (C=O) groups is 2. The molecular weight excluding hydrogens is 870 g/mol. The second-order valence-electron chi connectivity index (χ2n) is 17.0. The van der Waals surface area contributed by atoms with Crippen LogP contribution in [-0.4, -0.2) is 113 Å². The largest absolute Gasteiger partial charge is 0.352 e. The maximum atomic E-state index is 13.4. The van der Waals surface area contributed by atoms with Gasteiger partial charge >= 0.3 is 0 Å². The summed E-state index contributed by atoms with van der Waals surface area (Å²) in [5, 5.41) is 6.17. The predicted octanol–water partition coefficient (Wildman–Crippen LogP) is 10.5. The van der Waals surface area contributed by atoms with Crippen molar-refractivity contribution in [3.8, 4) is 0 Å². The second kappa shape index (κ2) is 53.4. The summed E-state index contributed by atoms with van der Waals surface area (Å²) in [7, 11) is 0. The maximum absolute atomic E-state index is 13.4. The van der Waals surface area contributed by atoms with Crippen LogP contribution in [0, 0.1) is 0 Å². The first-order valence-corrected chi connectivity index (χ1v) is 24.8. The summed E-state index contributed by atoms with van der Waals surface area (Å²) in [5.41, 5.74) is 11.3. The van der Waals surface area contributed by atoms with Gasteiger partial charge in [0.25, 0.3) is 6.48 Å². The van der Waals surface area contributed by atoms with Crippen LogP contribution in [0.1, 0.15) is 200 Å². The Hall–Kier alpha value is -0.180. The summed E-state index contributed by atoms with van der Waals surface area (Å²) in [6, 6.07) is 0. The first-order chi connectivity index (χ1) is 28.5. The molecule has 1 heterocycles. The minimum Gasteiger partial charge on any atom is -0.352 e. The number of hydrogen-bond acceptors (Lipinski definition) is 9. The fourth-order valence-electron chi connectivity index (χ4n) is 7.71. The van der Waals surface area contributed by atoms with Crippen molar-refractivity contribution in [2.75, 3.05) is 78.7 Å². The van der Waals surface area contributed by atoms with Gasteiger partial charge in [0.2, 0.25) is 11.8 Å². The third kappa shape index (κ3) is 43.7. The molecular formula is C47H100Cl4N6O5. The summed E-state index contributed by atoms with van der Waals surface area (Å²) < 4.78 is 17.4. The Morgan fingerprint density at radius 2 is 1.02 bits per heavy atom. The number of nitrogens with one attached hydrogen (secondary N) is 2. The molecule has 1 saturated heterocycles. The van der Waals surface area contributed by atoms with Crippen molar-refractivity contribution in [1.29, 1.82) is 0 Å². The van der Waals surface area contributed by atoms with Crippen LogP contribution in [0.25, 0.3) is 0 Å². The van der Waals surface area contributed by atoms with Gasteiger partial charge in [-0.15, -0.1) is 49.6 Å². The van der Waals surface area contributed by atoms with Crippen molar-refractivity contribution < 1.29 is 23.8 Å². The van der Waals surface area contributed by atoms with Crippen LogP contribution >= 0.6 is 49.6 Å². The normalized spacial score (nSPS) is 14.5. The molecule has 2 unspecified atom stereocenters. The highest BCUT2D eigenvalue weighted by Crippen LogP contribution is 2.16. The number of nitrogens with two attached hydrogens (primary N) is 2. The van der Waals surface area contributed by atoms with E-state index < -0.39 is 6.48 Å². The molecule has 0 aromatic rings. The molecule has 11 nitrogen and oxygen atoms in total. The van der Waals surface area contributed by atoms with Crippen molar-refractivity contribution in [3.63, 3.8) is 0 Å². The zero-order valence-electron chi connectivity index (χ0n) is 39.9. The predicted molar refractivity (Wildman–Crippen MR) is 272 cm³/mol. The van der Waals surface area contributed by atoms with Gasteiger partial charge < -0.3 is 46.1 Å². The zero-order chi connectivity index (χ0) is 42.0. The molecule has 0 aromatic carbocycles. The fourth-order valence-corrected chi connectivity index (χ4v) is 7.71. The molecule has 0 radical (unpaired) electrons. The van der Waals surface area contributed by atoms with Crippen LogP contribution in [0.3, 0.4) is 0 Å². The average Bonchev–Trinajstić information content (AvgIpc) is 3.69. The first-order valence-electron chi connectivity index (χ1n) is 24.8. The summed E-state index contributed by atoms with van der Waals surface area (Å²) in [4.78, 5) is 30.3. The maximum Gasteiger partial charge on any atom is 0.272 e. The quantitative estimate of drug-likeness (QED) is 0.0439. The molecule has 1 aliphatic rings. The summed E-state index contributed by atoms with van der Waals surface area (Å²) >= 11 is 0. The van der Waals surface area contributed by atoms with E-state index in [2.05, 4.69) is 34.3 Å². The summed E-state index contributed by atoms with van der Waals surface area (Å²) in [5.74, 6) is 0.180. The Labute approximate surface area is 406 Å². The van der Waals surface area contributed by atoms with Gasteiger partial charge in [-0.3, -0.25) is 9.59 Å². The molecule has 1 aliphatic heterocycles. The Morgan fingerprint density at radius 3 is 1.47 bits per heavy atom. The molecule has 0 aliphatic carbocycles. The van der Waals surface area contributed by atoms with Crippen molar-refractivity contribution in [2.24, 2.45) is 11.5 Å². The van der Waals surface area contributed by atoms with E-state index in [1.54, 1.807) is 0 Å². The van der Waals surface area contributed by atoms with Crippen LogP contribution < -0.4 is 22.1 Å². The molecule has 2 atom stereocenters. The molecule has 0 bridgehead atoms. The first kappa shape index (κ1) is 68.4. The highest BCUT2D eigenvalue weighted by molar-refractivity contribution is 5.86. The molecule has 0 saturated carbocycles. The number of nitrogens with zero attached hydrogens (tertiary/aromatic N) is 2. The summed E-state index contributed by atoms with van der Waals surface area (Å²) in [6.07, 6.45) is 35.6. The summed E-state index contributed by atoms with van der Waals surface area (Å²) in [6.45, 7) is 12.1. The fraction of sp³-hybridized carbons (Fsp3) is 0.957. The molecule has 1 fully saturated rings. The van der Waals surface area contributed by atoms with E-state index >= 15 is 0 Å². The van der Waals surface area contributed by atoms with Crippen LogP contribution in [-0.2, 0) is 23.8 Å². The third-order valence-electron chi connectivity index (χ3n) is 11.4. The van der Waals surface area contributed by atoms with Crippen LogP contribution in [0.15, 0.2) is 0 Å². The highest BCUT2D eigenvalue weighted by atomic mass is 35.5. The molecule has 2 amide bonds. The number of ether oxygens (including phenoxy) is 3. The van der Waals surface area contributed by atoms with Crippen molar-refractivity contribution >= 4 is 61.4 Å². The van der Waals surface area contributed by atoms with E-state index in [-0.39, 0.29) is 74.1 Å². The lowest BCUT2D eigenvalue weighted by molar-refractivity contribution is -0.237. The number of halogens is 4. The standard InChI is InChI=1S/C47H96N6O5.4ClH/c1-3-5-7-9-11-13-15-17-19-21-23-25-38-53(39-26-24-22-20-18-16-14-12-10-8-6-4-2)46(55)31-27-40-56-47-57-43-44(58-47)41-51-45(54)42-50-34-30-37-52(35-28-32-48)36-29-33-49;;;;/h44,47,50H,3-43,48-49H2,1-2H3,(H,51,54);4*1H. The number of amides is 2. The number of unbranched alkanes of at least 4 members (excludes halogenated alkanes) is 22. The van der Waals surface area contributed by atoms with Crippen molar-refractivity contribution in [2.45, 2.75) is 213 Å². The van der Waals surface area contributed by atoms with Gasteiger partial charge in [0.15, 0.2) is 0 Å². The minimum absolute atomic E-state index is 0. The monoisotopic (exact) mass is 969 g/mol. The lowest BCUT2D eigenvalue weighted by Crippen LogP contribution is -2.39. The van der Waals surface area contributed by atoms with Gasteiger partial charge in [-0.25, -0.2) is 0 Å². The molecule has 376 valence electrons. The van der Waals surface area contributed by atoms with Gasteiger partial charge in [-0.1, -0.05) is 155 Å². The SMILES string of the molecule is CCCCCCCCCCCCCCN(CCCCCCCCCCCCCC)C(=O)CCCOC1OCC(CNC(=O)CNCCCN(CCCN)CCCN)O1.Cl.Cl.Cl.Cl. The van der Waals surface area contributed by atoms with Crippen LogP contribution in [0.4, 0.5) is 0 Å². The molecule has 0 spiro atoms. The Bertz CT molecular complexity index is 887. The lowest BCUT2D eigenvalue weighted by Gasteiger charge is -2.23. The Morgan fingerprint density at radius 1 is 0.581 bits per heavy atom. The average molecular weight is 971 g/mol. The highest BCUT2D eigenvalue weighted by Gasteiger charge is 2.27. The molecule has 1 rings (SSSR count). The van der Waals surface area contributed by atoms with Crippen molar-refractivity contribution in [1.82, 2.24) is 20.4 Å². The Balaban J connectivity index is -0.00000420. The van der Waals surface area contributed by atoms with E-state index in [1.165, 1.54) is 141 Å². The third-order valence-corrected chi connectivity index (χ3v) is 11.4.